The molecule has 10 nitrogen and oxygen atoms in total. The van der Waals surface area contributed by atoms with Gasteiger partial charge in [0.2, 0.25) is 5.91 Å². The average Bonchev–Trinajstić information content (AvgIpc) is 3.11. The molecule has 1 N–H and O–H groups in total. The normalized spacial score (nSPS) is 18.6. The summed E-state index contributed by atoms with van der Waals surface area (Å²) in [6.07, 6.45) is 1.01. The molecule has 0 aliphatic carbocycles. The Hall–Kier alpha value is -3.06. The van der Waals surface area contributed by atoms with Crippen molar-refractivity contribution in [2.75, 3.05) is 13.2 Å². The summed E-state index contributed by atoms with van der Waals surface area (Å²) in [6, 6.07) is 0. The van der Waals surface area contributed by atoms with Gasteiger partial charge >= 0.3 is 11.9 Å². The predicted molar refractivity (Wildman–Crippen MR) is 128 cm³/mol. The van der Waals surface area contributed by atoms with E-state index in [-0.39, 0.29) is 79.3 Å². The predicted octanol–water partition coefficient (Wildman–Crippen LogP) is 2.29. The molecule has 198 valence electrons. The first-order valence-corrected chi connectivity index (χ1v) is 11.5. The highest BCUT2D eigenvalue weighted by molar-refractivity contribution is 5.83. The lowest BCUT2D eigenvalue weighted by Crippen LogP contribution is -2.34. The van der Waals surface area contributed by atoms with Crippen LogP contribution in [0.5, 0.6) is 0 Å². The highest BCUT2D eigenvalue weighted by Gasteiger charge is 2.34. The van der Waals surface area contributed by atoms with Crippen LogP contribution in [-0.4, -0.2) is 66.8 Å². The topological polar surface area (TPSA) is 142 Å². The molecular formula is C25H39NO9. The van der Waals surface area contributed by atoms with Gasteiger partial charge in [0.1, 0.15) is 23.8 Å². The SMILES string of the molecule is C=C=C=O.CC(=O)CCC(=O)OC1C(C)COC1C.CCC(CNC(=O)CCC(C)=O)OC(C)=O. The lowest BCUT2D eigenvalue weighted by molar-refractivity contribution is -0.153. The molecule has 0 radical (unpaired) electrons. The first-order chi connectivity index (χ1) is 16.4. The van der Waals surface area contributed by atoms with Crippen LogP contribution in [0.25, 0.3) is 0 Å². The van der Waals surface area contributed by atoms with Crippen LogP contribution in [0.3, 0.4) is 0 Å². The Balaban J connectivity index is 0. The average molecular weight is 498 g/mol. The Morgan fingerprint density at radius 3 is 1.97 bits per heavy atom. The molecule has 0 saturated carbocycles. The lowest BCUT2D eigenvalue weighted by atomic mass is 10.1. The fourth-order valence-electron chi connectivity index (χ4n) is 2.77. The number of esters is 2. The quantitative estimate of drug-likeness (QED) is 0.258. The second-order valence-corrected chi connectivity index (χ2v) is 8.10. The number of amides is 1. The van der Waals surface area contributed by atoms with Crippen molar-refractivity contribution in [3.8, 4) is 0 Å². The molecule has 1 aliphatic heterocycles. The molecule has 1 fully saturated rings. The summed E-state index contributed by atoms with van der Waals surface area (Å²) >= 11 is 0. The van der Waals surface area contributed by atoms with E-state index in [1.54, 1.807) is 0 Å². The zero-order valence-corrected chi connectivity index (χ0v) is 21.6. The van der Waals surface area contributed by atoms with E-state index in [1.165, 1.54) is 26.7 Å². The molecule has 1 amide bonds. The molecule has 1 saturated heterocycles. The fourth-order valence-corrected chi connectivity index (χ4v) is 2.77. The van der Waals surface area contributed by atoms with E-state index < -0.39 is 0 Å². The van der Waals surface area contributed by atoms with Gasteiger partial charge in [-0.05, 0) is 39.5 Å². The maximum atomic E-state index is 11.4. The fraction of sp³-hybridized carbons (Fsp3) is 0.680. The van der Waals surface area contributed by atoms with Gasteiger partial charge in [0.05, 0.1) is 25.7 Å². The minimum absolute atomic E-state index is 0.00992. The van der Waals surface area contributed by atoms with Crippen LogP contribution in [0.4, 0.5) is 0 Å². The van der Waals surface area contributed by atoms with Crippen molar-refractivity contribution in [1.29, 1.82) is 0 Å². The van der Waals surface area contributed by atoms with E-state index in [0.29, 0.717) is 19.6 Å². The van der Waals surface area contributed by atoms with Gasteiger partial charge in [-0.25, -0.2) is 4.79 Å². The molecule has 1 heterocycles. The van der Waals surface area contributed by atoms with Crippen molar-refractivity contribution >= 4 is 35.4 Å². The van der Waals surface area contributed by atoms with E-state index >= 15 is 0 Å². The summed E-state index contributed by atoms with van der Waals surface area (Å²) in [6.45, 7) is 13.9. The van der Waals surface area contributed by atoms with Crippen LogP contribution < -0.4 is 5.32 Å². The number of ketones is 2. The lowest BCUT2D eigenvalue weighted by Gasteiger charge is -2.18. The van der Waals surface area contributed by atoms with Crippen LogP contribution in [0, 0.1) is 5.92 Å². The summed E-state index contributed by atoms with van der Waals surface area (Å²) in [5, 5.41) is 2.63. The largest absolute Gasteiger partial charge is 0.461 e. The van der Waals surface area contributed by atoms with Crippen LogP contribution in [-0.2, 0) is 43.0 Å². The molecule has 0 aromatic carbocycles. The van der Waals surface area contributed by atoms with Gasteiger partial charge in [-0.15, -0.1) is 0 Å². The molecule has 0 bridgehead atoms. The van der Waals surface area contributed by atoms with E-state index in [9.17, 15) is 24.0 Å². The Morgan fingerprint density at radius 2 is 1.57 bits per heavy atom. The number of ether oxygens (including phenoxy) is 3. The third-order valence-electron chi connectivity index (χ3n) is 4.69. The maximum Gasteiger partial charge on any atom is 0.306 e. The van der Waals surface area contributed by atoms with Crippen molar-refractivity contribution in [3.05, 3.63) is 12.3 Å². The van der Waals surface area contributed by atoms with Gasteiger partial charge in [-0.1, -0.05) is 13.8 Å². The Bertz CT molecular complexity index is 747. The van der Waals surface area contributed by atoms with Crippen molar-refractivity contribution in [2.45, 2.75) is 92.0 Å². The molecule has 10 heteroatoms. The third-order valence-corrected chi connectivity index (χ3v) is 4.69. The zero-order valence-electron chi connectivity index (χ0n) is 21.6. The van der Waals surface area contributed by atoms with Gasteiger partial charge < -0.3 is 29.1 Å². The van der Waals surface area contributed by atoms with Crippen molar-refractivity contribution in [3.63, 3.8) is 0 Å². The monoisotopic (exact) mass is 497 g/mol. The summed E-state index contributed by atoms with van der Waals surface area (Å²) in [4.78, 5) is 63.5. The molecule has 1 aliphatic rings. The summed E-state index contributed by atoms with van der Waals surface area (Å²) in [5.41, 5.74) is 1.88. The standard InChI is InChI=1S/C11H19NO4.C11H18O4.C3H2O/c1-4-10(16-9(3)14)7-12-11(15)6-5-8(2)13;1-7-6-14-9(3)11(7)15-10(13)5-4-8(2)12;1-2-3-4/h10H,4-7H2,1-3H3,(H,12,15);7,9,11H,4-6H2,1-3H3;1H2. The number of hydrogen-bond donors (Lipinski definition) is 1. The molecule has 0 aromatic heterocycles. The highest BCUT2D eigenvalue weighted by atomic mass is 16.6. The number of hydrogen-bond acceptors (Lipinski definition) is 9. The first-order valence-electron chi connectivity index (χ1n) is 11.5. The van der Waals surface area contributed by atoms with E-state index in [2.05, 4.69) is 11.9 Å². The smallest absolute Gasteiger partial charge is 0.306 e. The number of Topliss-reactive ketones (excluding diaryl/α,β-unsaturated/α-hetero) is 2. The second kappa shape index (κ2) is 20.3. The number of carbonyl (C=O) groups is 5. The van der Waals surface area contributed by atoms with E-state index in [0.717, 1.165) is 0 Å². The molecule has 0 spiro atoms. The van der Waals surface area contributed by atoms with Crippen LogP contribution in [0.15, 0.2) is 12.3 Å². The van der Waals surface area contributed by atoms with Crippen molar-refractivity contribution in [1.82, 2.24) is 5.32 Å². The maximum absolute atomic E-state index is 11.4. The highest BCUT2D eigenvalue weighted by Crippen LogP contribution is 2.23. The van der Waals surface area contributed by atoms with E-state index in [4.69, 9.17) is 19.0 Å². The van der Waals surface area contributed by atoms with Crippen molar-refractivity contribution in [2.24, 2.45) is 5.92 Å². The van der Waals surface area contributed by atoms with Gasteiger partial charge in [0.15, 0.2) is 5.94 Å². The number of rotatable bonds is 11. The molecular weight excluding hydrogens is 458 g/mol. The second-order valence-electron chi connectivity index (χ2n) is 8.10. The van der Waals surface area contributed by atoms with Gasteiger partial charge in [0.25, 0.3) is 0 Å². The molecule has 0 aromatic rings. The minimum Gasteiger partial charge on any atom is -0.461 e. The molecule has 35 heavy (non-hydrogen) atoms. The molecule has 4 unspecified atom stereocenters. The first kappa shape index (κ1) is 34.1. The Kier molecular flexibility index (Phi) is 19.8. The number of carbonyl (C=O) groups excluding carboxylic acids is 6. The van der Waals surface area contributed by atoms with Crippen LogP contribution in [0.1, 0.15) is 73.6 Å². The van der Waals surface area contributed by atoms with Gasteiger partial charge in [0, 0.05) is 32.1 Å². The third kappa shape index (κ3) is 20.1. The van der Waals surface area contributed by atoms with Crippen LogP contribution in [0.2, 0.25) is 0 Å². The minimum atomic E-state index is -0.357. The van der Waals surface area contributed by atoms with Crippen LogP contribution >= 0.6 is 0 Å². The molecule has 1 rings (SSSR count). The Morgan fingerprint density at radius 1 is 1.03 bits per heavy atom. The van der Waals surface area contributed by atoms with Gasteiger partial charge in [-0.3, -0.25) is 14.4 Å². The summed E-state index contributed by atoms with van der Waals surface area (Å²) in [5.74, 6) is 0.698. The van der Waals surface area contributed by atoms with Gasteiger partial charge in [-0.2, -0.15) is 0 Å². The zero-order chi connectivity index (χ0) is 27.4. The Labute approximate surface area is 207 Å². The van der Waals surface area contributed by atoms with Crippen molar-refractivity contribution < 1.29 is 43.0 Å². The van der Waals surface area contributed by atoms with E-state index in [1.807, 2.05) is 26.5 Å². The number of nitrogens with one attached hydrogen (secondary N) is 1. The summed E-state index contributed by atoms with van der Waals surface area (Å²) < 4.78 is 15.6. The molecule has 4 atom stereocenters. The summed E-state index contributed by atoms with van der Waals surface area (Å²) in [7, 11) is 0.